The Bertz CT molecular complexity index is 1050. The van der Waals surface area contributed by atoms with Gasteiger partial charge in [0, 0.05) is 36.6 Å². The van der Waals surface area contributed by atoms with Gasteiger partial charge < -0.3 is 9.47 Å². The molecular formula is C24H29N3O3S2. The third-order valence-corrected chi connectivity index (χ3v) is 7.19. The largest absolute Gasteiger partial charge is 0.492 e. The molecule has 0 radical (unpaired) electrons. The quantitative estimate of drug-likeness (QED) is 0.419. The van der Waals surface area contributed by atoms with Gasteiger partial charge in [-0.2, -0.15) is 0 Å². The lowest BCUT2D eigenvalue weighted by molar-refractivity contribution is 0.0376. The molecule has 1 amide bonds. The summed E-state index contributed by atoms with van der Waals surface area (Å²) in [5.74, 6) is 0.748. The van der Waals surface area contributed by atoms with Crippen LogP contribution < -0.4 is 9.64 Å². The second-order valence-corrected chi connectivity index (χ2v) is 9.42. The number of carbonyl (C=O) groups excluding carboxylic acids is 1. The zero-order valence-corrected chi connectivity index (χ0v) is 20.2. The van der Waals surface area contributed by atoms with Gasteiger partial charge in [-0.1, -0.05) is 23.5 Å². The van der Waals surface area contributed by atoms with E-state index in [1.165, 1.54) is 11.3 Å². The van der Waals surface area contributed by atoms with E-state index in [2.05, 4.69) is 4.90 Å². The summed E-state index contributed by atoms with van der Waals surface area (Å²) in [4.78, 5) is 23.8. The van der Waals surface area contributed by atoms with Crippen molar-refractivity contribution in [1.82, 2.24) is 9.88 Å². The smallest absolute Gasteiger partial charge is 0.260 e. The highest BCUT2D eigenvalue weighted by molar-refractivity contribution is 7.98. The molecule has 0 atom stereocenters. The molecule has 1 saturated heterocycles. The van der Waals surface area contributed by atoms with Gasteiger partial charge in [-0.05, 0) is 49.9 Å². The van der Waals surface area contributed by atoms with Crippen LogP contribution in [-0.2, 0) is 4.74 Å². The third-order valence-electron chi connectivity index (χ3n) is 5.42. The first-order valence-electron chi connectivity index (χ1n) is 11.0. The number of nitrogens with zero attached hydrogens (tertiary/aromatic N) is 3. The minimum absolute atomic E-state index is 0.0140. The first-order valence-corrected chi connectivity index (χ1v) is 13.0. The van der Waals surface area contributed by atoms with Crippen LogP contribution in [-0.4, -0.2) is 68.0 Å². The van der Waals surface area contributed by atoms with Crippen LogP contribution in [0, 0.1) is 0 Å². The first kappa shape index (κ1) is 23.0. The summed E-state index contributed by atoms with van der Waals surface area (Å²) < 4.78 is 12.2. The van der Waals surface area contributed by atoms with Crippen molar-refractivity contribution < 1.29 is 14.3 Å². The van der Waals surface area contributed by atoms with E-state index < -0.39 is 0 Å². The van der Waals surface area contributed by atoms with Crippen molar-refractivity contribution in [2.45, 2.75) is 18.2 Å². The molecule has 6 nitrogen and oxygen atoms in total. The lowest BCUT2D eigenvalue weighted by Gasteiger charge is -2.27. The lowest BCUT2D eigenvalue weighted by Crippen LogP contribution is -2.39. The van der Waals surface area contributed by atoms with E-state index in [0.717, 1.165) is 60.1 Å². The zero-order valence-electron chi connectivity index (χ0n) is 18.6. The van der Waals surface area contributed by atoms with Gasteiger partial charge in [-0.15, -0.1) is 11.8 Å². The molecule has 1 aliphatic rings. The van der Waals surface area contributed by atoms with Gasteiger partial charge >= 0.3 is 0 Å². The van der Waals surface area contributed by atoms with Gasteiger partial charge in [0.1, 0.15) is 11.3 Å². The minimum atomic E-state index is -0.0140. The number of fused-ring (bicyclic) bond motifs is 1. The number of hydrogen-bond acceptors (Lipinski definition) is 7. The zero-order chi connectivity index (χ0) is 22.3. The standard InChI is InChI=1S/C24H29N3O3S2/c1-3-30-20-9-5-10-21-22(20)25-24(32-21)27(12-6-11-26-13-15-29-16-14-26)23(28)18-7-4-8-19(17-18)31-2/h4-5,7-10,17H,3,6,11-16H2,1-2H3. The molecule has 3 aromatic rings. The molecule has 1 fully saturated rings. The Hall–Kier alpha value is -2.13. The Morgan fingerprint density at radius 1 is 1.25 bits per heavy atom. The van der Waals surface area contributed by atoms with Gasteiger partial charge in [0.15, 0.2) is 5.13 Å². The number of thioether (sulfide) groups is 1. The maximum atomic E-state index is 13.6. The molecule has 1 aliphatic heterocycles. The van der Waals surface area contributed by atoms with Crippen molar-refractivity contribution >= 4 is 44.4 Å². The first-order chi connectivity index (χ1) is 15.7. The number of carbonyl (C=O) groups is 1. The second kappa shape index (κ2) is 11.1. The van der Waals surface area contributed by atoms with Gasteiger partial charge in [0.25, 0.3) is 5.91 Å². The summed E-state index contributed by atoms with van der Waals surface area (Å²) in [5, 5.41) is 0.716. The Balaban J connectivity index is 1.61. The average Bonchev–Trinajstić information content (AvgIpc) is 3.27. The van der Waals surface area contributed by atoms with E-state index >= 15 is 0 Å². The molecule has 0 bridgehead atoms. The van der Waals surface area contributed by atoms with Crippen molar-refractivity contribution in [3.63, 3.8) is 0 Å². The van der Waals surface area contributed by atoms with E-state index in [9.17, 15) is 4.79 Å². The molecule has 8 heteroatoms. The van der Waals surface area contributed by atoms with Crippen LogP contribution in [0.25, 0.3) is 10.2 Å². The number of amides is 1. The molecular weight excluding hydrogens is 442 g/mol. The predicted octanol–water partition coefficient (Wildman–Crippen LogP) is 4.79. The molecule has 32 heavy (non-hydrogen) atoms. The van der Waals surface area contributed by atoms with Gasteiger partial charge in [-0.3, -0.25) is 14.6 Å². The van der Waals surface area contributed by atoms with E-state index in [0.29, 0.717) is 23.8 Å². The number of hydrogen-bond donors (Lipinski definition) is 0. The van der Waals surface area contributed by atoms with Crippen molar-refractivity contribution in [1.29, 1.82) is 0 Å². The molecule has 1 aromatic heterocycles. The highest BCUT2D eigenvalue weighted by Gasteiger charge is 2.23. The van der Waals surface area contributed by atoms with Gasteiger partial charge in [-0.25, -0.2) is 4.98 Å². The van der Waals surface area contributed by atoms with Crippen LogP contribution >= 0.6 is 23.1 Å². The monoisotopic (exact) mass is 471 g/mol. The summed E-state index contributed by atoms with van der Waals surface area (Å²) in [5.41, 5.74) is 1.51. The van der Waals surface area contributed by atoms with E-state index in [-0.39, 0.29) is 5.91 Å². The number of ether oxygens (including phenoxy) is 2. The molecule has 0 saturated carbocycles. The average molecular weight is 472 g/mol. The molecule has 4 rings (SSSR count). The Labute approximate surface area is 197 Å². The number of anilines is 1. The number of benzene rings is 2. The molecule has 0 aliphatic carbocycles. The fourth-order valence-corrected chi connectivity index (χ4v) is 5.24. The number of para-hydroxylation sites is 1. The summed E-state index contributed by atoms with van der Waals surface area (Å²) in [6.45, 7) is 7.55. The lowest BCUT2D eigenvalue weighted by atomic mass is 10.2. The highest BCUT2D eigenvalue weighted by atomic mass is 32.2. The van der Waals surface area contributed by atoms with E-state index in [4.69, 9.17) is 14.5 Å². The minimum Gasteiger partial charge on any atom is -0.492 e. The van der Waals surface area contributed by atoms with Crippen molar-refractivity contribution in [2.24, 2.45) is 0 Å². The van der Waals surface area contributed by atoms with E-state index in [1.807, 2.05) is 60.5 Å². The molecule has 0 spiro atoms. The summed E-state index contributed by atoms with van der Waals surface area (Å²) in [6.07, 6.45) is 2.90. The molecule has 2 heterocycles. The SMILES string of the molecule is CCOc1cccc2sc(N(CCCN3CCOCC3)C(=O)c3cccc(SC)c3)nc12. The summed E-state index contributed by atoms with van der Waals surface area (Å²) in [6, 6.07) is 13.7. The van der Waals surface area contributed by atoms with Crippen LogP contribution in [0.1, 0.15) is 23.7 Å². The van der Waals surface area contributed by atoms with Gasteiger partial charge in [0.2, 0.25) is 0 Å². The van der Waals surface area contributed by atoms with Crippen LogP contribution in [0.5, 0.6) is 5.75 Å². The Morgan fingerprint density at radius 2 is 2.06 bits per heavy atom. The maximum absolute atomic E-state index is 13.6. The van der Waals surface area contributed by atoms with E-state index in [1.54, 1.807) is 11.8 Å². The normalized spacial score (nSPS) is 14.6. The molecule has 0 N–H and O–H groups in total. The van der Waals surface area contributed by atoms with Crippen LogP contribution in [0.15, 0.2) is 47.4 Å². The predicted molar refractivity (Wildman–Crippen MR) is 133 cm³/mol. The summed E-state index contributed by atoms with van der Waals surface area (Å²) in [7, 11) is 0. The van der Waals surface area contributed by atoms with Crippen LogP contribution in [0.3, 0.4) is 0 Å². The number of aromatic nitrogens is 1. The topological polar surface area (TPSA) is 54.9 Å². The number of morpholine rings is 1. The van der Waals surface area contributed by atoms with Crippen molar-refractivity contribution in [2.75, 3.05) is 57.2 Å². The van der Waals surface area contributed by atoms with Gasteiger partial charge in [0.05, 0.1) is 24.5 Å². The Morgan fingerprint density at radius 3 is 2.84 bits per heavy atom. The molecule has 170 valence electrons. The molecule has 2 aromatic carbocycles. The second-order valence-electron chi connectivity index (χ2n) is 7.53. The fourth-order valence-electron chi connectivity index (χ4n) is 3.77. The molecule has 0 unspecified atom stereocenters. The Kier molecular flexibility index (Phi) is 8.02. The van der Waals surface area contributed by atoms with Crippen LogP contribution in [0.4, 0.5) is 5.13 Å². The highest BCUT2D eigenvalue weighted by Crippen LogP contribution is 2.35. The number of thiazole rings is 1. The maximum Gasteiger partial charge on any atom is 0.260 e. The fraction of sp³-hybridized carbons (Fsp3) is 0.417. The van der Waals surface area contributed by atoms with Crippen molar-refractivity contribution in [3.8, 4) is 5.75 Å². The van der Waals surface area contributed by atoms with Crippen LogP contribution in [0.2, 0.25) is 0 Å². The third kappa shape index (κ3) is 5.43. The number of rotatable bonds is 9. The summed E-state index contributed by atoms with van der Waals surface area (Å²) >= 11 is 3.18. The van der Waals surface area contributed by atoms with Crippen molar-refractivity contribution in [3.05, 3.63) is 48.0 Å².